The van der Waals surface area contributed by atoms with Gasteiger partial charge in [-0.2, -0.15) is 0 Å². The summed E-state index contributed by atoms with van der Waals surface area (Å²) >= 11 is 1.75. The lowest BCUT2D eigenvalue weighted by Gasteiger charge is -2.34. The van der Waals surface area contributed by atoms with Crippen LogP contribution in [0.5, 0.6) is 5.75 Å². The molecule has 2 heterocycles. The predicted molar refractivity (Wildman–Crippen MR) is 113 cm³/mol. The minimum Gasteiger partial charge on any atom is -0.484 e. The van der Waals surface area contributed by atoms with Gasteiger partial charge in [0, 0.05) is 26.2 Å². The van der Waals surface area contributed by atoms with E-state index < -0.39 is 0 Å². The number of aryl methyl sites for hydroxylation is 2. The average Bonchev–Trinajstić information content (AvgIpc) is 3.10. The van der Waals surface area contributed by atoms with E-state index in [1.54, 1.807) is 11.3 Å². The Morgan fingerprint density at radius 1 is 1.11 bits per heavy atom. The first kappa shape index (κ1) is 18.9. The molecular formula is C22H25N3O2S. The molecule has 0 unspecified atom stereocenters. The molecule has 0 radical (unpaired) electrons. The van der Waals surface area contributed by atoms with Crippen LogP contribution in [0.3, 0.4) is 0 Å². The molecule has 0 aliphatic carbocycles. The first-order valence-electron chi connectivity index (χ1n) is 9.63. The van der Waals surface area contributed by atoms with Crippen molar-refractivity contribution < 1.29 is 9.53 Å². The number of nitrogens with zero attached hydrogens (tertiary/aromatic N) is 3. The van der Waals surface area contributed by atoms with E-state index in [1.807, 2.05) is 30.0 Å². The van der Waals surface area contributed by atoms with Gasteiger partial charge in [0.15, 0.2) is 6.61 Å². The maximum absolute atomic E-state index is 12.5. The summed E-state index contributed by atoms with van der Waals surface area (Å²) in [5, 5.41) is 1.14. The van der Waals surface area contributed by atoms with Gasteiger partial charge in [0.05, 0.1) is 16.8 Å². The highest BCUT2D eigenvalue weighted by molar-refractivity contribution is 7.18. The molecule has 3 aromatic rings. The highest BCUT2D eigenvalue weighted by Crippen LogP contribution is 2.23. The highest BCUT2D eigenvalue weighted by Gasteiger charge is 2.22. The van der Waals surface area contributed by atoms with Gasteiger partial charge in [0.2, 0.25) is 0 Å². The summed E-state index contributed by atoms with van der Waals surface area (Å²) in [7, 11) is 0. The Bertz CT molecular complexity index is 944. The molecule has 6 heteroatoms. The van der Waals surface area contributed by atoms with Crippen LogP contribution in [0.25, 0.3) is 10.2 Å². The van der Waals surface area contributed by atoms with E-state index in [1.165, 1.54) is 10.3 Å². The number of para-hydroxylation sites is 1. The van der Waals surface area contributed by atoms with Crippen LogP contribution in [0.1, 0.15) is 16.1 Å². The highest BCUT2D eigenvalue weighted by atomic mass is 32.1. The molecule has 0 saturated carbocycles. The molecule has 0 spiro atoms. The van der Waals surface area contributed by atoms with Crippen molar-refractivity contribution in [2.24, 2.45) is 0 Å². The molecule has 5 nitrogen and oxygen atoms in total. The van der Waals surface area contributed by atoms with Crippen molar-refractivity contribution in [3.63, 3.8) is 0 Å². The van der Waals surface area contributed by atoms with Crippen LogP contribution in [0.15, 0.2) is 42.5 Å². The Labute approximate surface area is 169 Å². The molecule has 1 fully saturated rings. The molecule has 0 bridgehead atoms. The van der Waals surface area contributed by atoms with Gasteiger partial charge in [-0.3, -0.25) is 9.69 Å². The van der Waals surface area contributed by atoms with Crippen LogP contribution >= 0.6 is 11.3 Å². The molecule has 1 aliphatic heterocycles. The summed E-state index contributed by atoms with van der Waals surface area (Å²) in [5.41, 5.74) is 3.33. The summed E-state index contributed by atoms with van der Waals surface area (Å²) in [4.78, 5) is 21.5. The van der Waals surface area contributed by atoms with Gasteiger partial charge >= 0.3 is 0 Å². The number of ether oxygens (including phenoxy) is 1. The molecule has 1 aliphatic rings. The molecule has 1 saturated heterocycles. The van der Waals surface area contributed by atoms with E-state index in [0.29, 0.717) is 0 Å². The van der Waals surface area contributed by atoms with Gasteiger partial charge in [-0.15, -0.1) is 11.3 Å². The smallest absolute Gasteiger partial charge is 0.260 e. The Morgan fingerprint density at radius 3 is 2.64 bits per heavy atom. The summed E-state index contributed by atoms with van der Waals surface area (Å²) in [6.45, 7) is 8.21. The number of aromatic nitrogens is 1. The van der Waals surface area contributed by atoms with Crippen LogP contribution in [-0.4, -0.2) is 53.5 Å². The second-order valence-corrected chi connectivity index (χ2v) is 8.41. The van der Waals surface area contributed by atoms with Crippen LogP contribution in [0.2, 0.25) is 0 Å². The Morgan fingerprint density at radius 2 is 1.89 bits per heavy atom. The Hall–Kier alpha value is -2.44. The zero-order chi connectivity index (χ0) is 19.5. The van der Waals surface area contributed by atoms with Gasteiger partial charge in [-0.1, -0.05) is 29.8 Å². The van der Waals surface area contributed by atoms with Gasteiger partial charge in [0.1, 0.15) is 10.8 Å². The van der Waals surface area contributed by atoms with Gasteiger partial charge < -0.3 is 9.64 Å². The Balaban J connectivity index is 1.26. The first-order valence-corrected chi connectivity index (χ1v) is 10.4. The molecule has 146 valence electrons. The lowest BCUT2D eigenvalue weighted by molar-refractivity contribution is -0.135. The van der Waals surface area contributed by atoms with Crippen molar-refractivity contribution in [3.8, 4) is 5.75 Å². The zero-order valence-corrected chi connectivity index (χ0v) is 17.2. The maximum atomic E-state index is 12.5. The molecule has 4 rings (SSSR count). The first-order chi connectivity index (χ1) is 13.6. The molecule has 0 atom stereocenters. The lowest BCUT2D eigenvalue weighted by atomic mass is 10.1. The summed E-state index contributed by atoms with van der Waals surface area (Å²) in [5.74, 6) is 0.841. The standard InChI is InChI=1S/C22H25N3O2S/c1-16-7-8-19(17(2)13-16)27-15-22(26)25-11-9-24(10-12-25)14-21-23-18-5-3-4-6-20(18)28-21/h3-8,13H,9-12,14-15H2,1-2H3. The molecule has 0 N–H and O–H groups in total. The monoisotopic (exact) mass is 395 g/mol. The Kier molecular flexibility index (Phi) is 5.59. The third kappa shape index (κ3) is 4.34. The van der Waals surface area contributed by atoms with Gasteiger partial charge in [-0.05, 0) is 37.6 Å². The topological polar surface area (TPSA) is 45.7 Å². The molecule has 1 aromatic heterocycles. The predicted octanol–water partition coefficient (Wildman–Crippen LogP) is 3.64. The second-order valence-electron chi connectivity index (χ2n) is 7.29. The summed E-state index contributed by atoms with van der Waals surface area (Å²) in [6.07, 6.45) is 0. The van der Waals surface area contributed by atoms with Crippen molar-refractivity contribution in [3.05, 3.63) is 58.6 Å². The SMILES string of the molecule is Cc1ccc(OCC(=O)N2CCN(Cc3nc4ccccc4s3)CC2)c(C)c1. The number of fused-ring (bicyclic) bond motifs is 1. The number of thiazole rings is 1. The van der Waals surface area contributed by atoms with Crippen molar-refractivity contribution in [2.45, 2.75) is 20.4 Å². The molecule has 28 heavy (non-hydrogen) atoms. The van der Waals surface area contributed by atoms with Crippen LogP contribution in [-0.2, 0) is 11.3 Å². The van der Waals surface area contributed by atoms with E-state index >= 15 is 0 Å². The fourth-order valence-corrected chi connectivity index (χ4v) is 4.54. The molecule has 1 amide bonds. The largest absolute Gasteiger partial charge is 0.484 e. The number of rotatable bonds is 5. The number of carbonyl (C=O) groups is 1. The zero-order valence-electron chi connectivity index (χ0n) is 16.4. The molecular weight excluding hydrogens is 370 g/mol. The average molecular weight is 396 g/mol. The number of benzene rings is 2. The maximum Gasteiger partial charge on any atom is 0.260 e. The number of hydrogen-bond acceptors (Lipinski definition) is 5. The van der Waals surface area contributed by atoms with Crippen molar-refractivity contribution >= 4 is 27.5 Å². The van der Waals surface area contributed by atoms with Crippen molar-refractivity contribution in [1.82, 2.24) is 14.8 Å². The van der Waals surface area contributed by atoms with Gasteiger partial charge in [-0.25, -0.2) is 4.98 Å². The third-order valence-corrected chi connectivity index (χ3v) is 6.12. The lowest BCUT2D eigenvalue weighted by Crippen LogP contribution is -2.49. The van der Waals surface area contributed by atoms with Gasteiger partial charge in [0.25, 0.3) is 5.91 Å². The second kappa shape index (κ2) is 8.29. The minimum absolute atomic E-state index is 0.0552. The quantitative estimate of drug-likeness (QED) is 0.662. The van der Waals surface area contributed by atoms with E-state index in [2.05, 4.69) is 36.1 Å². The van der Waals surface area contributed by atoms with E-state index in [9.17, 15) is 4.79 Å². The van der Waals surface area contributed by atoms with E-state index in [4.69, 9.17) is 9.72 Å². The fourth-order valence-electron chi connectivity index (χ4n) is 3.53. The molecule has 2 aromatic carbocycles. The van der Waals surface area contributed by atoms with Crippen molar-refractivity contribution in [1.29, 1.82) is 0 Å². The fraction of sp³-hybridized carbons (Fsp3) is 0.364. The number of amides is 1. The number of piperazine rings is 1. The van der Waals surface area contributed by atoms with Crippen LogP contribution in [0.4, 0.5) is 0 Å². The van der Waals surface area contributed by atoms with Crippen LogP contribution in [0, 0.1) is 13.8 Å². The minimum atomic E-state index is 0.0552. The number of carbonyl (C=O) groups excluding carboxylic acids is 1. The van der Waals surface area contributed by atoms with E-state index in [0.717, 1.165) is 54.6 Å². The number of hydrogen-bond donors (Lipinski definition) is 0. The van der Waals surface area contributed by atoms with E-state index in [-0.39, 0.29) is 12.5 Å². The van der Waals surface area contributed by atoms with Crippen molar-refractivity contribution in [2.75, 3.05) is 32.8 Å². The normalized spacial score (nSPS) is 15.1. The van der Waals surface area contributed by atoms with Crippen LogP contribution < -0.4 is 4.74 Å². The third-order valence-electron chi connectivity index (χ3n) is 5.10. The summed E-state index contributed by atoms with van der Waals surface area (Å²) < 4.78 is 6.98. The summed E-state index contributed by atoms with van der Waals surface area (Å²) in [6, 6.07) is 14.3.